The number of amides is 1. The van der Waals surface area contributed by atoms with E-state index in [1.807, 2.05) is 30.3 Å². The number of rotatable bonds is 9. The highest BCUT2D eigenvalue weighted by atomic mass is 32.2. The standard InChI is InChI=1S/C17H25NO4S/c1-13(15(20)18-11-14-7-5-4-6-8-14)22-9-10-23-16(21)17(2,3)12-19/h4-8,13,19H,9-12H2,1-3H3,(H,18,20). The molecule has 0 saturated carbocycles. The number of benzene rings is 1. The van der Waals surface area contributed by atoms with Crippen LogP contribution in [0.1, 0.15) is 26.3 Å². The Kier molecular flexibility index (Phi) is 8.30. The molecule has 1 aromatic rings. The number of aliphatic hydroxyl groups is 1. The first-order valence-corrected chi connectivity index (χ1v) is 8.56. The molecule has 0 saturated heterocycles. The molecule has 1 rings (SSSR count). The fraction of sp³-hybridized carbons (Fsp3) is 0.529. The van der Waals surface area contributed by atoms with Gasteiger partial charge in [0.25, 0.3) is 0 Å². The second-order valence-electron chi connectivity index (χ2n) is 5.89. The highest BCUT2D eigenvalue weighted by Gasteiger charge is 2.26. The molecule has 23 heavy (non-hydrogen) atoms. The number of hydrogen-bond acceptors (Lipinski definition) is 5. The van der Waals surface area contributed by atoms with Crippen LogP contribution in [-0.4, -0.2) is 41.2 Å². The van der Waals surface area contributed by atoms with Gasteiger partial charge in [-0.05, 0) is 26.3 Å². The molecular formula is C17H25NO4S. The minimum Gasteiger partial charge on any atom is -0.395 e. The van der Waals surface area contributed by atoms with Crippen molar-refractivity contribution >= 4 is 22.8 Å². The van der Waals surface area contributed by atoms with Gasteiger partial charge in [-0.2, -0.15) is 0 Å². The summed E-state index contributed by atoms with van der Waals surface area (Å²) in [4.78, 5) is 23.7. The zero-order valence-corrected chi connectivity index (χ0v) is 14.7. The fourth-order valence-electron chi connectivity index (χ4n) is 1.62. The molecule has 1 unspecified atom stereocenters. The molecule has 0 spiro atoms. The molecule has 0 aliphatic heterocycles. The third-order valence-electron chi connectivity index (χ3n) is 3.31. The van der Waals surface area contributed by atoms with Crippen molar-refractivity contribution in [3.05, 3.63) is 35.9 Å². The van der Waals surface area contributed by atoms with Crippen LogP contribution >= 0.6 is 11.8 Å². The molecule has 6 heteroatoms. The lowest BCUT2D eigenvalue weighted by atomic mass is 9.97. The van der Waals surface area contributed by atoms with E-state index in [2.05, 4.69) is 5.32 Å². The van der Waals surface area contributed by atoms with Gasteiger partial charge in [0.2, 0.25) is 5.91 Å². The summed E-state index contributed by atoms with van der Waals surface area (Å²) in [6.07, 6.45) is -0.569. The predicted molar refractivity (Wildman–Crippen MR) is 92.0 cm³/mol. The largest absolute Gasteiger partial charge is 0.395 e. The van der Waals surface area contributed by atoms with E-state index in [0.29, 0.717) is 18.9 Å². The van der Waals surface area contributed by atoms with E-state index in [-0.39, 0.29) is 17.6 Å². The number of nitrogens with one attached hydrogen (secondary N) is 1. The maximum Gasteiger partial charge on any atom is 0.249 e. The summed E-state index contributed by atoms with van der Waals surface area (Å²) < 4.78 is 5.44. The van der Waals surface area contributed by atoms with Crippen LogP contribution in [0.15, 0.2) is 30.3 Å². The average molecular weight is 339 g/mol. The lowest BCUT2D eigenvalue weighted by Gasteiger charge is -2.19. The Balaban J connectivity index is 2.22. The number of carbonyl (C=O) groups is 2. The van der Waals surface area contributed by atoms with Gasteiger partial charge in [0.1, 0.15) is 6.10 Å². The van der Waals surface area contributed by atoms with Gasteiger partial charge in [0.15, 0.2) is 5.12 Å². The average Bonchev–Trinajstić information content (AvgIpc) is 2.56. The Morgan fingerprint density at radius 3 is 2.57 bits per heavy atom. The van der Waals surface area contributed by atoms with E-state index in [4.69, 9.17) is 9.84 Å². The van der Waals surface area contributed by atoms with Crippen molar-refractivity contribution in [2.24, 2.45) is 5.41 Å². The van der Waals surface area contributed by atoms with Crippen LogP contribution in [0.2, 0.25) is 0 Å². The van der Waals surface area contributed by atoms with E-state index in [9.17, 15) is 9.59 Å². The van der Waals surface area contributed by atoms with Crippen molar-refractivity contribution in [2.75, 3.05) is 19.0 Å². The topological polar surface area (TPSA) is 75.6 Å². The van der Waals surface area contributed by atoms with Gasteiger partial charge in [-0.25, -0.2) is 0 Å². The van der Waals surface area contributed by atoms with Gasteiger partial charge in [0.05, 0.1) is 18.6 Å². The molecule has 1 amide bonds. The van der Waals surface area contributed by atoms with E-state index in [0.717, 1.165) is 17.3 Å². The summed E-state index contributed by atoms with van der Waals surface area (Å²) in [5, 5.41) is 11.8. The Labute approximate surface area is 141 Å². The van der Waals surface area contributed by atoms with Crippen LogP contribution in [0.3, 0.4) is 0 Å². The Morgan fingerprint density at radius 2 is 1.96 bits per heavy atom. The third-order valence-corrected chi connectivity index (χ3v) is 4.50. The van der Waals surface area contributed by atoms with E-state index in [1.54, 1.807) is 20.8 Å². The molecule has 0 fully saturated rings. The van der Waals surface area contributed by atoms with E-state index < -0.39 is 11.5 Å². The summed E-state index contributed by atoms with van der Waals surface area (Å²) in [5.74, 6) is 0.277. The highest BCUT2D eigenvalue weighted by molar-refractivity contribution is 8.13. The van der Waals surface area contributed by atoms with Crippen LogP contribution in [0.25, 0.3) is 0 Å². The fourth-order valence-corrected chi connectivity index (χ4v) is 2.44. The maximum atomic E-state index is 11.9. The van der Waals surface area contributed by atoms with Crippen molar-refractivity contribution in [2.45, 2.75) is 33.4 Å². The minimum absolute atomic E-state index is 0.0789. The molecule has 128 valence electrons. The molecule has 0 radical (unpaired) electrons. The molecule has 1 atom stereocenters. The van der Waals surface area contributed by atoms with Crippen molar-refractivity contribution in [3.8, 4) is 0 Å². The summed E-state index contributed by atoms with van der Waals surface area (Å²) in [7, 11) is 0. The SMILES string of the molecule is CC(OCCSC(=O)C(C)(C)CO)C(=O)NCc1ccccc1. The summed E-state index contributed by atoms with van der Waals surface area (Å²) >= 11 is 1.12. The molecule has 5 nitrogen and oxygen atoms in total. The zero-order valence-electron chi connectivity index (χ0n) is 13.9. The normalized spacial score (nSPS) is 12.7. The monoisotopic (exact) mass is 339 g/mol. The lowest BCUT2D eigenvalue weighted by Crippen LogP contribution is -2.34. The molecule has 2 N–H and O–H groups in total. The van der Waals surface area contributed by atoms with Crippen molar-refractivity contribution in [1.82, 2.24) is 5.32 Å². The van der Waals surface area contributed by atoms with Crippen LogP contribution in [0, 0.1) is 5.41 Å². The Morgan fingerprint density at radius 1 is 1.30 bits per heavy atom. The van der Waals surface area contributed by atoms with Crippen LogP contribution in [0.5, 0.6) is 0 Å². The van der Waals surface area contributed by atoms with Gasteiger partial charge in [-0.3, -0.25) is 9.59 Å². The molecule has 0 aliphatic carbocycles. The number of aliphatic hydroxyl groups excluding tert-OH is 1. The maximum absolute atomic E-state index is 11.9. The van der Waals surface area contributed by atoms with E-state index >= 15 is 0 Å². The van der Waals surface area contributed by atoms with Crippen LogP contribution < -0.4 is 5.32 Å². The second kappa shape index (κ2) is 9.70. The summed E-state index contributed by atoms with van der Waals surface area (Å²) in [6.45, 7) is 5.66. The van der Waals surface area contributed by atoms with Gasteiger partial charge in [-0.15, -0.1) is 0 Å². The Hall–Kier alpha value is -1.37. The Bertz CT molecular complexity index is 505. The number of thioether (sulfide) groups is 1. The third kappa shape index (κ3) is 7.16. The molecule has 0 heterocycles. The summed E-state index contributed by atoms with van der Waals surface area (Å²) in [5.41, 5.74) is 0.281. The summed E-state index contributed by atoms with van der Waals surface area (Å²) in [6, 6.07) is 9.65. The van der Waals surface area contributed by atoms with Crippen molar-refractivity contribution in [3.63, 3.8) is 0 Å². The number of carbonyl (C=O) groups excluding carboxylic acids is 2. The highest BCUT2D eigenvalue weighted by Crippen LogP contribution is 2.22. The smallest absolute Gasteiger partial charge is 0.249 e. The number of hydrogen-bond donors (Lipinski definition) is 2. The van der Waals surface area contributed by atoms with Crippen molar-refractivity contribution in [1.29, 1.82) is 0 Å². The first-order valence-electron chi connectivity index (χ1n) is 7.58. The van der Waals surface area contributed by atoms with Gasteiger partial charge >= 0.3 is 0 Å². The molecule has 0 bridgehead atoms. The lowest BCUT2D eigenvalue weighted by molar-refractivity contribution is -0.131. The molecule has 0 aromatic heterocycles. The molecular weight excluding hydrogens is 314 g/mol. The van der Waals surface area contributed by atoms with Gasteiger partial charge < -0.3 is 15.2 Å². The number of ether oxygens (including phenoxy) is 1. The zero-order chi connectivity index (χ0) is 17.3. The minimum atomic E-state index is -0.747. The quantitative estimate of drug-likeness (QED) is 0.673. The van der Waals surface area contributed by atoms with Crippen molar-refractivity contribution < 1.29 is 19.4 Å². The van der Waals surface area contributed by atoms with E-state index in [1.165, 1.54) is 0 Å². The first-order chi connectivity index (χ1) is 10.9. The first kappa shape index (κ1) is 19.7. The van der Waals surface area contributed by atoms with Crippen LogP contribution in [0.4, 0.5) is 0 Å². The second-order valence-corrected chi connectivity index (χ2v) is 6.96. The van der Waals surface area contributed by atoms with Gasteiger partial charge in [-0.1, -0.05) is 42.1 Å². The van der Waals surface area contributed by atoms with Gasteiger partial charge in [0, 0.05) is 12.3 Å². The molecule has 1 aromatic carbocycles. The van der Waals surface area contributed by atoms with Crippen LogP contribution in [-0.2, 0) is 20.9 Å². The predicted octanol–water partition coefficient (Wildman–Crippen LogP) is 1.99. The molecule has 0 aliphatic rings.